The molecule has 0 aromatic rings. The highest BCUT2D eigenvalue weighted by molar-refractivity contribution is 4.86. The minimum atomic E-state index is 0.404. The minimum Gasteiger partial charge on any atom is -0.385 e. The Kier molecular flexibility index (Phi) is 4.90. The topological polar surface area (TPSA) is 35.2 Å². The van der Waals surface area contributed by atoms with E-state index in [4.69, 9.17) is 10.5 Å². The minimum absolute atomic E-state index is 0.404. The average molecular weight is 199 g/mol. The third kappa shape index (κ3) is 2.96. The summed E-state index contributed by atoms with van der Waals surface area (Å²) >= 11 is 0. The summed E-state index contributed by atoms with van der Waals surface area (Å²) in [6.07, 6.45) is 7.85. The molecule has 0 spiro atoms. The van der Waals surface area contributed by atoms with E-state index >= 15 is 0 Å². The first kappa shape index (κ1) is 12.0. The van der Waals surface area contributed by atoms with Crippen molar-refractivity contribution in [3.05, 3.63) is 0 Å². The highest BCUT2D eigenvalue weighted by Gasteiger charge is 2.33. The third-order valence-corrected chi connectivity index (χ3v) is 4.01. The number of methoxy groups -OCH3 is 1. The van der Waals surface area contributed by atoms with Crippen LogP contribution in [0.2, 0.25) is 0 Å². The third-order valence-electron chi connectivity index (χ3n) is 4.01. The van der Waals surface area contributed by atoms with E-state index in [9.17, 15) is 0 Å². The van der Waals surface area contributed by atoms with E-state index in [-0.39, 0.29) is 0 Å². The zero-order valence-electron chi connectivity index (χ0n) is 9.72. The Morgan fingerprint density at radius 2 is 2.00 bits per heavy atom. The molecule has 2 N–H and O–H groups in total. The van der Waals surface area contributed by atoms with Crippen molar-refractivity contribution in [3.63, 3.8) is 0 Å². The van der Waals surface area contributed by atoms with Crippen molar-refractivity contribution >= 4 is 0 Å². The molecule has 0 radical (unpaired) electrons. The molecular weight excluding hydrogens is 174 g/mol. The summed E-state index contributed by atoms with van der Waals surface area (Å²) in [5.74, 6) is 0.956. The van der Waals surface area contributed by atoms with Crippen LogP contribution in [0.5, 0.6) is 0 Å². The first-order valence-corrected chi connectivity index (χ1v) is 5.95. The van der Waals surface area contributed by atoms with Gasteiger partial charge in [-0.1, -0.05) is 13.3 Å². The molecule has 1 aliphatic rings. The van der Waals surface area contributed by atoms with Crippen LogP contribution in [0.4, 0.5) is 0 Å². The van der Waals surface area contributed by atoms with Gasteiger partial charge >= 0.3 is 0 Å². The molecule has 1 saturated carbocycles. The second-order valence-corrected chi connectivity index (χ2v) is 4.80. The lowest BCUT2D eigenvalue weighted by molar-refractivity contribution is 0.0909. The SMILES string of the molecule is CCC1CCC(CN)(CCOC)CC1. The standard InChI is InChI=1S/C12H25NO/c1-3-11-4-6-12(10-13,7-5-11)8-9-14-2/h11H,3-10,13H2,1-2H3. The van der Waals surface area contributed by atoms with Gasteiger partial charge in [-0.3, -0.25) is 0 Å². The van der Waals surface area contributed by atoms with E-state index in [2.05, 4.69) is 6.92 Å². The van der Waals surface area contributed by atoms with Gasteiger partial charge in [-0.25, -0.2) is 0 Å². The number of hydrogen-bond acceptors (Lipinski definition) is 2. The molecule has 84 valence electrons. The van der Waals surface area contributed by atoms with Gasteiger partial charge in [-0.15, -0.1) is 0 Å². The van der Waals surface area contributed by atoms with Gasteiger partial charge < -0.3 is 10.5 Å². The van der Waals surface area contributed by atoms with Crippen LogP contribution in [0.25, 0.3) is 0 Å². The van der Waals surface area contributed by atoms with E-state index in [0.29, 0.717) is 5.41 Å². The summed E-state index contributed by atoms with van der Waals surface area (Å²) in [7, 11) is 1.78. The van der Waals surface area contributed by atoms with Gasteiger partial charge in [0.1, 0.15) is 0 Å². The van der Waals surface area contributed by atoms with Crippen molar-refractivity contribution in [2.45, 2.75) is 45.4 Å². The molecule has 0 bridgehead atoms. The van der Waals surface area contributed by atoms with Crippen LogP contribution in [0.15, 0.2) is 0 Å². The van der Waals surface area contributed by atoms with Crippen molar-refractivity contribution < 1.29 is 4.74 Å². The molecule has 1 fully saturated rings. The van der Waals surface area contributed by atoms with Crippen LogP contribution in [0.1, 0.15) is 45.4 Å². The first-order chi connectivity index (χ1) is 6.76. The van der Waals surface area contributed by atoms with Gasteiger partial charge in [0.25, 0.3) is 0 Å². The predicted molar refractivity (Wildman–Crippen MR) is 60.2 cm³/mol. The Bertz CT molecular complexity index is 150. The van der Waals surface area contributed by atoms with E-state index in [1.54, 1.807) is 7.11 Å². The van der Waals surface area contributed by atoms with Gasteiger partial charge in [0.2, 0.25) is 0 Å². The molecule has 0 saturated heterocycles. The van der Waals surface area contributed by atoms with Gasteiger partial charge in [0.05, 0.1) is 0 Å². The zero-order chi connectivity index (χ0) is 10.4. The van der Waals surface area contributed by atoms with Gasteiger partial charge in [-0.05, 0) is 50.0 Å². The predicted octanol–water partition coefficient (Wildman–Crippen LogP) is 2.57. The average Bonchev–Trinajstić information content (AvgIpc) is 2.27. The number of rotatable bonds is 5. The smallest absolute Gasteiger partial charge is 0.0468 e. The maximum atomic E-state index is 5.91. The Labute approximate surface area is 88.2 Å². The quantitative estimate of drug-likeness (QED) is 0.738. The van der Waals surface area contributed by atoms with E-state index in [1.807, 2.05) is 0 Å². The largest absolute Gasteiger partial charge is 0.385 e. The summed E-state index contributed by atoms with van der Waals surface area (Å²) in [6.45, 7) is 4.01. The normalized spacial score (nSPS) is 33.2. The van der Waals surface area contributed by atoms with Crippen molar-refractivity contribution in [2.24, 2.45) is 17.1 Å². The Hall–Kier alpha value is -0.0800. The lowest BCUT2D eigenvalue weighted by Crippen LogP contribution is -2.35. The number of nitrogens with two attached hydrogens (primary N) is 1. The molecule has 0 heterocycles. The highest BCUT2D eigenvalue weighted by atomic mass is 16.5. The second-order valence-electron chi connectivity index (χ2n) is 4.80. The van der Waals surface area contributed by atoms with Crippen molar-refractivity contribution in [1.82, 2.24) is 0 Å². The second kappa shape index (κ2) is 5.72. The first-order valence-electron chi connectivity index (χ1n) is 5.95. The summed E-state index contributed by atoms with van der Waals surface area (Å²) in [6, 6.07) is 0. The van der Waals surface area contributed by atoms with Crippen LogP contribution in [0.3, 0.4) is 0 Å². The van der Waals surface area contributed by atoms with Crippen molar-refractivity contribution in [2.75, 3.05) is 20.3 Å². The Morgan fingerprint density at radius 3 is 2.43 bits per heavy atom. The highest BCUT2D eigenvalue weighted by Crippen LogP contribution is 2.41. The summed E-state index contributed by atoms with van der Waals surface area (Å²) in [4.78, 5) is 0. The fourth-order valence-corrected chi connectivity index (χ4v) is 2.57. The molecule has 2 heteroatoms. The van der Waals surface area contributed by atoms with Crippen LogP contribution in [-0.2, 0) is 4.74 Å². The molecule has 0 aromatic heterocycles. The van der Waals surface area contributed by atoms with Crippen LogP contribution in [0, 0.1) is 11.3 Å². The fraction of sp³-hybridized carbons (Fsp3) is 1.00. The Morgan fingerprint density at radius 1 is 1.36 bits per heavy atom. The maximum Gasteiger partial charge on any atom is 0.0468 e. The van der Waals surface area contributed by atoms with Crippen LogP contribution in [-0.4, -0.2) is 20.3 Å². The zero-order valence-corrected chi connectivity index (χ0v) is 9.72. The molecule has 14 heavy (non-hydrogen) atoms. The van der Waals surface area contributed by atoms with Crippen molar-refractivity contribution in [1.29, 1.82) is 0 Å². The van der Waals surface area contributed by atoms with Gasteiger partial charge in [0.15, 0.2) is 0 Å². The number of ether oxygens (including phenoxy) is 1. The molecule has 0 unspecified atom stereocenters. The summed E-state index contributed by atoms with van der Waals surface area (Å²) < 4.78 is 5.17. The molecule has 0 atom stereocenters. The molecule has 1 aliphatic carbocycles. The summed E-state index contributed by atoms with van der Waals surface area (Å²) in [5.41, 5.74) is 6.31. The van der Waals surface area contributed by atoms with Crippen molar-refractivity contribution in [3.8, 4) is 0 Å². The molecule has 1 rings (SSSR count). The Balaban J connectivity index is 2.39. The van der Waals surface area contributed by atoms with Crippen LogP contribution >= 0.6 is 0 Å². The fourth-order valence-electron chi connectivity index (χ4n) is 2.57. The van der Waals surface area contributed by atoms with Crippen LogP contribution < -0.4 is 5.73 Å². The molecule has 0 aromatic carbocycles. The lowest BCUT2D eigenvalue weighted by Gasteiger charge is -2.39. The molecule has 0 aliphatic heterocycles. The van der Waals surface area contributed by atoms with E-state index in [0.717, 1.165) is 25.5 Å². The van der Waals surface area contributed by atoms with E-state index in [1.165, 1.54) is 32.1 Å². The van der Waals surface area contributed by atoms with E-state index < -0.39 is 0 Å². The number of hydrogen-bond donors (Lipinski definition) is 1. The monoisotopic (exact) mass is 199 g/mol. The molecule has 2 nitrogen and oxygen atoms in total. The summed E-state index contributed by atoms with van der Waals surface area (Å²) in [5, 5.41) is 0. The van der Waals surface area contributed by atoms with Gasteiger partial charge in [0, 0.05) is 13.7 Å². The lowest BCUT2D eigenvalue weighted by atomic mass is 9.68. The van der Waals surface area contributed by atoms with Gasteiger partial charge in [-0.2, -0.15) is 0 Å². The molecule has 0 amide bonds. The maximum absolute atomic E-state index is 5.91. The molecular formula is C12H25NO.